The molecule has 0 unspecified atom stereocenters. The molecule has 0 amide bonds. The number of morpholine rings is 1. The molecule has 2 aromatic heterocycles. The van der Waals surface area contributed by atoms with Gasteiger partial charge in [0.2, 0.25) is 5.78 Å². The van der Waals surface area contributed by atoms with Crippen LogP contribution >= 0.6 is 11.6 Å². The standard InChI is InChI=1S/C25H33ClN6O4S/c1-2-3-4-9-31-23(28-10-12-29(13-11-28)37(34,35)30-14-16-36-17-15-30)18-24(33)32-19-22(27-25(31)32)20-5-7-21(26)8-6-20/h5-8,18-19H,2-4,9-17H2,1H3. The van der Waals surface area contributed by atoms with Crippen LogP contribution in [0.2, 0.25) is 5.02 Å². The zero-order valence-electron chi connectivity index (χ0n) is 21.1. The van der Waals surface area contributed by atoms with Crippen molar-refractivity contribution >= 4 is 33.4 Å². The van der Waals surface area contributed by atoms with E-state index < -0.39 is 10.2 Å². The number of ether oxygens (including phenoxy) is 1. The maximum absolute atomic E-state index is 13.2. The fourth-order valence-electron chi connectivity index (χ4n) is 4.93. The van der Waals surface area contributed by atoms with Crippen molar-refractivity contribution in [2.45, 2.75) is 32.7 Å². The lowest BCUT2D eigenvalue weighted by molar-refractivity contribution is 0.0700. The maximum atomic E-state index is 13.2. The van der Waals surface area contributed by atoms with Crippen LogP contribution in [0.1, 0.15) is 26.2 Å². The van der Waals surface area contributed by atoms with E-state index in [0.717, 1.165) is 37.2 Å². The number of aromatic nitrogens is 3. The highest BCUT2D eigenvalue weighted by Crippen LogP contribution is 2.25. The van der Waals surface area contributed by atoms with Gasteiger partial charge >= 0.3 is 0 Å². The van der Waals surface area contributed by atoms with E-state index in [1.807, 2.05) is 24.3 Å². The van der Waals surface area contributed by atoms with Crippen LogP contribution in [0, 0.1) is 0 Å². The van der Waals surface area contributed by atoms with Crippen molar-refractivity contribution in [2.75, 3.05) is 57.4 Å². The average Bonchev–Trinajstić information content (AvgIpc) is 3.37. The van der Waals surface area contributed by atoms with Crippen molar-refractivity contribution in [3.63, 3.8) is 0 Å². The summed E-state index contributed by atoms with van der Waals surface area (Å²) in [5.41, 5.74) is 1.43. The highest BCUT2D eigenvalue weighted by Gasteiger charge is 2.34. The zero-order valence-corrected chi connectivity index (χ0v) is 22.6. The second kappa shape index (κ2) is 11.1. The number of hydrogen-bond donors (Lipinski definition) is 0. The minimum Gasteiger partial charge on any atom is -0.379 e. The number of fused-ring (bicyclic) bond motifs is 1. The molecular formula is C25H33ClN6O4S. The molecule has 0 bridgehead atoms. The summed E-state index contributed by atoms with van der Waals surface area (Å²) in [6, 6.07) is 9.06. The van der Waals surface area contributed by atoms with Gasteiger partial charge in [-0.05, 0) is 18.6 Å². The molecule has 0 N–H and O–H groups in total. The van der Waals surface area contributed by atoms with Gasteiger partial charge < -0.3 is 9.64 Å². The summed E-state index contributed by atoms with van der Waals surface area (Å²) in [5.74, 6) is 1.37. The number of benzene rings is 1. The van der Waals surface area contributed by atoms with Crippen LogP contribution in [0.5, 0.6) is 0 Å². The lowest BCUT2D eigenvalue weighted by Gasteiger charge is -2.39. The van der Waals surface area contributed by atoms with Crippen molar-refractivity contribution in [1.29, 1.82) is 0 Å². The molecule has 2 fully saturated rings. The van der Waals surface area contributed by atoms with E-state index in [9.17, 15) is 13.2 Å². The van der Waals surface area contributed by atoms with Gasteiger partial charge in [-0.2, -0.15) is 17.0 Å². The Labute approximate surface area is 222 Å². The summed E-state index contributed by atoms with van der Waals surface area (Å²) in [6.07, 6.45) is 4.87. The molecule has 1 aromatic carbocycles. The second-order valence-electron chi connectivity index (χ2n) is 9.41. The van der Waals surface area contributed by atoms with Crippen LogP contribution < -0.4 is 10.5 Å². The molecule has 3 aromatic rings. The third kappa shape index (κ3) is 5.42. The van der Waals surface area contributed by atoms with Gasteiger partial charge in [0.1, 0.15) is 5.82 Å². The number of imidazole rings is 1. The molecule has 0 spiro atoms. The van der Waals surface area contributed by atoms with Gasteiger partial charge in [0.05, 0.1) is 18.9 Å². The third-order valence-corrected chi connectivity index (χ3v) is 9.29. The van der Waals surface area contributed by atoms with Gasteiger partial charge in [-0.3, -0.25) is 13.8 Å². The normalized spacial score (nSPS) is 18.1. The number of rotatable bonds is 8. The van der Waals surface area contributed by atoms with Crippen LogP contribution in [0.25, 0.3) is 17.0 Å². The van der Waals surface area contributed by atoms with Crippen molar-refractivity contribution in [1.82, 2.24) is 22.6 Å². The van der Waals surface area contributed by atoms with Crippen LogP contribution in [0.3, 0.4) is 0 Å². The van der Waals surface area contributed by atoms with E-state index in [1.54, 1.807) is 21.0 Å². The van der Waals surface area contributed by atoms with E-state index in [4.69, 9.17) is 21.3 Å². The molecule has 200 valence electrons. The molecule has 5 rings (SSSR count). The minimum atomic E-state index is -3.53. The van der Waals surface area contributed by atoms with Crippen LogP contribution in [-0.4, -0.2) is 83.5 Å². The highest BCUT2D eigenvalue weighted by molar-refractivity contribution is 7.86. The Balaban J connectivity index is 1.44. The molecule has 10 nitrogen and oxygen atoms in total. The third-order valence-electron chi connectivity index (χ3n) is 7.01. The first kappa shape index (κ1) is 26.2. The first-order valence-corrected chi connectivity index (χ1v) is 14.6. The summed E-state index contributed by atoms with van der Waals surface area (Å²) < 4.78 is 38.3. The number of hydrogen-bond acceptors (Lipinski definition) is 6. The van der Waals surface area contributed by atoms with Gasteiger partial charge in [-0.25, -0.2) is 4.98 Å². The predicted octanol–water partition coefficient (Wildman–Crippen LogP) is 2.71. The van der Waals surface area contributed by atoms with Gasteiger partial charge in [0, 0.05) is 68.7 Å². The number of aryl methyl sites for hydroxylation is 1. The van der Waals surface area contributed by atoms with Crippen LogP contribution in [0.15, 0.2) is 41.3 Å². The fourth-order valence-corrected chi connectivity index (χ4v) is 6.62. The van der Waals surface area contributed by atoms with Crippen LogP contribution in [0.4, 0.5) is 5.82 Å². The molecule has 2 saturated heterocycles. The van der Waals surface area contributed by atoms with Crippen LogP contribution in [-0.2, 0) is 21.5 Å². The van der Waals surface area contributed by atoms with Gasteiger partial charge in [0.15, 0.2) is 0 Å². The predicted molar refractivity (Wildman–Crippen MR) is 145 cm³/mol. The molecule has 0 saturated carbocycles. The monoisotopic (exact) mass is 548 g/mol. The molecule has 37 heavy (non-hydrogen) atoms. The van der Waals surface area contributed by atoms with Gasteiger partial charge in [-0.15, -0.1) is 0 Å². The molecule has 0 atom stereocenters. The van der Waals surface area contributed by atoms with Crippen molar-refractivity contribution in [3.8, 4) is 11.3 Å². The Morgan fingerprint density at radius 3 is 2.32 bits per heavy atom. The molecular weight excluding hydrogens is 516 g/mol. The van der Waals surface area contributed by atoms with E-state index in [-0.39, 0.29) is 5.56 Å². The molecule has 12 heteroatoms. The summed E-state index contributed by atoms with van der Waals surface area (Å²) in [5, 5.41) is 0.642. The maximum Gasteiger partial charge on any atom is 0.282 e. The fraction of sp³-hybridized carbons (Fsp3) is 0.520. The summed E-state index contributed by atoms with van der Waals surface area (Å²) in [7, 11) is -3.53. The lowest BCUT2D eigenvalue weighted by Crippen LogP contribution is -2.55. The molecule has 0 radical (unpaired) electrons. The van der Waals surface area contributed by atoms with E-state index in [2.05, 4.69) is 16.4 Å². The van der Waals surface area contributed by atoms with Crippen molar-refractivity contribution in [3.05, 3.63) is 51.9 Å². The number of anilines is 1. The zero-order chi connectivity index (χ0) is 26.0. The first-order valence-electron chi connectivity index (χ1n) is 12.9. The number of nitrogens with zero attached hydrogens (tertiary/aromatic N) is 6. The largest absolute Gasteiger partial charge is 0.379 e. The van der Waals surface area contributed by atoms with E-state index in [1.165, 1.54) is 4.31 Å². The number of halogens is 1. The Morgan fingerprint density at radius 2 is 1.65 bits per heavy atom. The second-order valence-corrected chi connectivity index (χ2v) is 11.8. The number of unbranched alkanes of at least 4 members (excludes halogenated alkanes) is 2. The Hall–Kier alpha value is -2.44. The molecule has 2 aliphatic rings. The minimum absolute atomic E-state index is 0.159. The highest BCUT2D eigenvalue weighted by atomic mass is 35.5. The summed E-state index contributed by atoms with van der Waals surface area (Å²) >= 11 is 6.05. The molecule has 0 aliphatic carbocycles. The van der Waals surface area contributed by atoms with E-state index in [0.29, 0.717) is 69.0 Å². The first-order chi connectivity index (χ1) is 17.9. The SMILES string of the molecule is CCCCCn1c(N2CCN(S(=O)(=O)N3CCOCC3)CC2)cc(=O)n2cc(-c3ccc(Cl)cc3)nc12. The number of piperazine rings is 1. The summed E-state index contributed by atoms with van der Waals surface area (Å²) in [6.45, 7) is 6.20. The smallest absolute Gasteiger partial charge is 0.282 e. The quantitative estimate of drug-likeness (QED) is 0.402. The van der Waals surface area contributed by atoms with Gasteiger partial charge in [-0.1, -0.05) is 43.5 Å². The molecule has 2 aliphatic heterocycles. The van der Waals surface area contributed by atoms with E-state index >= 15 is 0 Å². The lowest BCUT2D eigenvalue weighted by atomic mass is 10.2. The average molecular weight is 549 g/mol. The topological polar surface area (TPSA) is 92.4 Å². The summed E-state index contributed by atoms with van der Waals surface area (Å²) in [4.78, 5) is 20.2. The van der Waals surface area contributed by atoms with Crippen molar-refractivity contribution in [2.24, 2.45) is 0 Å². The Morgan fingerprint density at radius 1 is 0.973 bits per heavy atom. The van der Waals surface area contributed by atoms with Crippen molar-refractivity contribution < 1.29 is 13.2 Å². The van der Waals surface area contributed by atoms with Gasteiger partial charge in [0.25, 0.3) is 15.8 Å². The Bertz CT molecular complexity index is 1390. The Kier molecular flexibility index (Phi) is 7.87. The molecule has 4 heterocycles.